The summed E-state index contributed by atoms with van der Waals surface area (Å²) in [4.78, 5) is 22.3. The predicted octanol–water partition coefficient (Wildman–Crippen LogP) is 2.89. The van der Waals surface area contributed by atoms with Crippen LogP contribution in [0.15, 0.2) is 29.4 Å². The van der Waals surface area contributed by atoms with Crippen molar-refractivity contribution in [2.75, 3.05) is 0 Å². The van der Waals surface area contributed by atoms with Crippen LogP contribution in [-0.4, -0.2) is 16.5 Å². The Kier molecular flexibility index (Phi) is 4.45. The number of amides is 1. The molecule has 1 amide bonds. The first-order valence-corrected chi connectivity index (χ1v) is 6.70. The fraction of sp³-hybridized carbons (Fsp3) is 0.429. The molecule has 0 aromatic heterocycles. The van der Waals surface area contributed by atoms with E-state index < -0.39 is 10.8 Å². The van der Waals surface area contributed by atoms with Crippen LogP contribution < -0.4 is 5.43 Å². The SMILES string of the molecule is C[C@@H]1CCCC/C1=N/NC(=O)c1ccccc1[N+](=O)[O-]. The number of nitrogens with zero attached hydrogens (tertiary/aromatic N) is 2. The lowest BCUT2D eigenvalue weighted by molar-refractivity contribution is -0.385. The van der Waals surface area contributed by atoms with Crippen molar-refractivity contribution in [2.45, 2.75) is 32.6 Å². The van der Waals surface area contributed by atoms with Gasteiger partial charge in [-0.15, -0.1) is 0 Å². The molecule has 1 aromatic carbocycles. The predicted molar refractivity (Wildman–Crippen MR) is 75.6 cm³/mol. The van der Waals surface area contributed by atoms with E-state index in [0.29, 0.717) is 5.92 Å². The van der Waals surface area contributed by atoms with Gasteiger partial charge in [0.2, 0.25) is 0 Å². The van der Waals surface area contributed by atoms with E-state index in [-0.39, 0.29) is 11.3 Å². The number of para-hydroxylation sites is 1. The molecule has 1 N–H and O–H groups in total. The monoisotopic (exact) mass is 275 g/mol. The second-order valence-corrected chi connectivity index (χ2v) is 4.97. The second-order valence-electron chi connectivity index (χ2n) is 4.97. The first-order valence-electron chi connectivity index (χ1n) is 6.70. The summed E-state index contributed by atoms with van der Waals surface area (Å²) in [6, 6.07) is 5.87. The van der Waals surface area contributed by atoms with Crippen LogP contribution >= 0.6 is 0 Å². The van der Waals surface area contributed by atoms with Crippen LogP contribution in [-0.2, 0) is 0 Å². The molecule has 0 spiro atoms. The van der Waals surface area contributed by atoms with Crippen LogP contribution in [0.1, 0.15) is 43.0 Å². The Labute approximate surface area is 117 Å². The molecule has 1 saturated carbocycles. The molecule has 0 heterocycles. The summed E-state index contributed by atoms with van der Waals surface area (Å²) < 4.78 is 0. The molecule has 1 aliphatic rings. The highest BCUT2D eigenvalue weighted by molar-refractivity contribution is 5.99. The van der Waals surface area contributed by atoms with Gasteiger partial charge in [-0.1, -0.05) is 25.5 Å². The van der Waals surface area contributed by atoms with E-state index in [1.807, 2.05) is 0 Å². The van der Waals surface area contributed by atoms with Crippen molar-refractivity contribution in [3.05, 3.63) is 39.9 Å². The van der Waals surface area contributed by atoms with Crippen molar-refractivity contribution in [1.82, 2.24) is 5.43 Å². The van der Waals surface area contributed by atoms with Gasteiger partial charge in [0.15, 0.2) is 0 Å². The summed E-state index contributed by atoms with van der Waals surface area (Å²) in [7, 11) is 0. The second kappa shape index (κ2) is 6.27. The normalized spacial score (nSPS) is 20.6. The maximum atomic E-state index is 12.0. The van der Waals surface area contributed by atoms with Gasteiger partial charge in [-0.2, -0.15) is 5.10 Å². The Morgan fingerprint density at radius 2 is 2.15 bits per heavy atom. The number of hydrogen-bond acceptors (Lipinski definition) is 4. The zero-order chi connectivity index (χ0) is 14.5. The van der Waals surface area contributed by atoms with E-state index in [0.717, 1.165) is 25.0 Å². The molecular formula is C14H17N3O3. The van der Waals surface area contributed by atoms with Crippen molar-refractivity contribution in [2.24, 2.45) is 11.0 Å². The highest BCUT2D eigenvalue weighted by Crippen LogP contribution is 2.21. The quantitative estimate of drug-likeness (QED) is 0.680. The Morgan fingerprint density at radius 1 is 1.40 bits per heavy atom. The average molecular weight is 275 g/mol. The fourth-order valence-corrected chi connectivity index (χ4v) is 2.34. The van der Waals surface area contributed by atoms with Gasteiger partial charge < -0.3 is 0 Å². The molecular weight excluding hydrogens is 258 g/mol. The van der Waals surface area contributed by atoms with Crippen LogP contribution in [0.5, 0.6) is 0 Å². The maximum Gasteiger partial charge on any atom is 0.282 e. The van der Waals surface area contributed by atoms with Gasteiger partial charge in [0.05, 0.1) is 4.92 Å². The van der Waals surface area contributed by atoms with Gasteiger partial charge in [0, 0.05) is 11.8 Å². The summed E-state index contributed by atoms with van der Waals surface area (Å²) in [6.45, 7) is 2.08. The van der Waals surface area contributed by atoms with Gasteiger partial charge in [0.1, 0.15) is 5.56 Å². The number of carbonyl (C=O) groups excluding carboxylic acids is 1. The molecule has 0 saturated heterocycles. The van der Waals surface area contributed by atoms with E-state index in [1.165, 1.54) is 24.6 Å². The average Bonchev–Trinajstić information content (AvgIpc) is 2.46. The number of hydrogen-bond donors (Lipinski definition) is 1. The van der Waals surface area contributed by atoms with Crippen LogP contribution in [0.25, 0.3) is 0 Å². The van der Waals surface area contributed by atoms with Crippen molar-refractivity contribution < 1.29 is 9.72 Å². The lowest BCUT2D eigenvalue weighted by Gasteiger charge is -2.19. The van der Waals surface area contributed by atoms with Gasteiger partial charge >= 0.3 is 0 Å². The lowest BCUT2D eigenvalue weighted by Crippen LogP contribution is -2.24. The number of benzene rings is 1. The molecule has 20 heavy (non-hydrogen) atoms. The Bertz CT molecular complexity index is 554. The summed E-state index contributed by atoms with van der Waals surface area (Å²) in [5.41, 5.74) is 3.23. The van der Waals surface area contributed by atoms with E-state index in [9.17, 15) is 14.9 Å². The summed E-state index contributed by atoms with van der Waals surface area (Å²) >= 11 is 0. The molecule has 0 radical (unpaired) electrons. The number of rotatable bonds is 3. The molecule has 0 bridgehead atoms. The number of carbonyl (C=O) groups is 1. The highest BCUT2D eigenvalue weighted by atomic mass is 16.6. The minimum atomic E-state index is -0.564. The molecule has 1 atom stereocenters. The van der Waals surface area contributed by atoms with Gasteiger partial charge in [-0.3, -0.25) is 14.9 Å². The summed E-state index contributed by atoms with van der Waals surface area (Å²) in [5, 5.41) is 15.0. The first kappa shape index (κ1) is 14.2. The van der Waals surface area contributed by atoms with Gasteiger partial charge in [-0.25, -0.2) is 5.43 Å². The molecule has 0 unspecified atom stereocenters. The standard InChI is InChI=1S/C14H17N3O3/c1-10-6-2-4-8-12(10)15-16-14(18)11-7-3-5-9-13(11)17(19)20/h3,5,7,9-10H,2,4,6,8H2,1H3,(H,16,18)/b15-12-/t10-/m1/s1. The molecule has 0 aliphatic heterocycles. The maximum absolute atomic E-state index is 12.0. The number of hydrazone groups is 1. The number of nitrogens with one attached hydrogen (secondary N) is 1. The van der Waals surface area contributed by atoms with E-state index >= 15 is 0 Å². The molecule has 1 aromatic rings. The molecule has 1 aliphatic carbocycles. The van der Waals surface area contributed by atoms with Crippen molar-refractivity contribution in [3.63, 3.8) is 0 Å². The Hall–Kier alpha value is -2.24. The molecule has 1 fully saturated rings. The largest absolute Gasteiger partial charge is 0.282 e. The van der Waals surface area contributed by atoms with E-state index in [2.05, 4.69) is 17.5 Å². The minimum Gasteiger partial charge on any atom is -0.267 e. The highest BCUT2D eigenvalue weighted by Gasteiger charge is 2.20. The van der Waals surface area contributed by atoms with Crippen LogP contribution in [0.3, 0.4) is 0 Å². The number of nitro groups is 1. The van der Waals surface area contributed by atoms with E-state index in [1.54, 1.807) is 6.07 Å². The zero-order valence-electron chi connectivity index (χ0n) is 11.3. The van der Waals surface area contributed by atoms with Crippen molar-refractivity contribution >= 4 is 17.3 Å². The Balaban J connectivity index is 2.13. The lowest BCUT2D eigenvalue weighted by atomic mass is 9.89. The van der Waals surface area contributed by atoms with Gasteiger partial charge in [-0.05, 0) is 31.2 Å². The molecule has 6 heteroatoms. The third-order valence-corrected chi connectivity index (χ3v) is 3.54. The van der Waals surface area contributed by atoms with Crippen LogP contribution in [0, 0.1) is 16.0 Å². The topological polar surface area (TPSA) is 84.6 Å². The zero-order valence-corrected chi connectivity index (χ0v) is 11.3. The fourth-order valence-electron chi connectivity index (χ4n) is 2.34. The summed E-state index contributed by atoms with van der Waals surface area (Å²) in [6.07, 6.45) is 4.20. The van der Waals surface area contributed by atoms with E-state index in [4.69, 9.17) is 0 Å². The van der Waals surface area contributed by atoms with Crippen LogP contribution in [0.4, 0.5) is 5.69 Å². The third-order valence-electron chi connectivity index (χ3n) is 3.54. The van der Waals surface area contributed by atoms with Crippen molar-refractivity contribution in [3.8, 4) is 0 Å². The molecule has 6 nitrogen and oxygen atoms in total. The van der Waals surface area contributed by atoms with Crippen LogP contribution in [0.2, 0.25) is 0 Å². The smallest absolute Gasteiger partial charge is 0.267 e. The minimum absolute atomic E-state index is 0.0327. The molecule has 106 valence electrons. The summed E-state index contributed by atoms with van der Waals surface area (Å²) in [5.74, 6) is -0.183. The first-order chi connectivity index (χ1) is 9.59. The number of nitro benzene ring substituents is 1. The Morgan fingerprint density at radius 3 is 2.85 bits per heavy atom. The van der Waals surface area contributed by atoms with Crippen molar-refractivity contribution in [1.29, 1.82) is 0 Å². The van der Waals surface area contributed by atoms with Gasteiger partial charge in [0.25, 0.3) is 11.6 Å². The third kappa shape index (κ3) is 3.20. The molecule has 2 rings (SSSR count).